The largest absolute Gasteiger partial charge is 0.356 e. The minimum Gasteiger partial charge on any atom is -0.356 e. The van der Waals surface area contributed by atoms with Crippen molar-refractivity contribution in [3.8, 4) is 0 Å². The molecule has 0 heterocycles. The average molecular weight is 181 g/mol. The number of allylic oxidation sites excluding steroid dienone is 1. The van der Waals surface area contributed by atoms with Crippen molar-refractivity contribution in [2.45, 2.75) is 39.0 Å². The Morgan fingerprint density at radius 2 is 1.92 bits per heavy atom. The third-order valence-electron chi connectivity index (χ3n) is 2.85. The van der Waals surface area contributed by atoms with Crippen molar-refractivity contribution >= 4 is 5.91 Å². The van der Waals surface area contributed by atoms with E-state index >= 15 is 0 Å². The molecule has 1 N–H and O–H groups in total. The van der Waals surface area contributed by atoms with Gasteiger partial charge in [0.25, 0.3) is 0 Å². The molecule has 1 saturated carbocycles. The van der Waals surface area contributed by atoms with Gasteiger partial charge in [-0.3, -0.25) is 4.79 Å². The number of likely N-dealkylation sites (N-methyl/N-ethyl adjacent to an activating group) is 1. The lowest BCUT2D eigenvalue weighted by molar-refractivity contribution is -0.116. The van der Waals surface area contributed by atoms with Gasteiger partial charge in [-0.25, -0.2) is 0 Å². The van der Waals surface area contributed by atoms with Crippen molar-refractivity contribution < 1.29 is 4.79 Å². The van der Waals surface area contributed by atoms with Crippen molar-refractivity contribution in [3.63, 3.8) is 0 Å². The van der Waals surface area contributed by atoms with Crippen molar-refractivity contribution in [1.29, 1.82) is 0 Å². The van der Waals surface area contributed by atoms with Crippen LogP contribution in [0.1, 0.15) is 39.0 Å². The van der Waals surface area contributed by atoms with E-state index in [2.05, 4.69) is 12.2 Å². The summed E-state index contributed by atoms with van der Waals surface area (Å²) in [6, 6.07) is 0. The summed E-state index contributed by atoms with van der Waals surface area (Å²) in [5, 5.41) is 2.62. The number of carbonyl (C=O) groups is 1. The molecule has 2 heteroatoms. The van der Waals surface area contributed by atoms with Gasteiger partial charge in [-0.2, -0.15) is 0 Å². The van der Waals surface area contributed by atoms with Crippen LogP contribution in [0.25, 0.3) is 0 Å². The number of carbonyl (C=O) groups excluding carboxylic acids is 1. The van der Waals surface area contributed by atoms with E-state index in [-0.39, 0.29) is 5.91 Å². The van der Waals surface area contributed by atoms with E-state index in [0.29, 0.717) is 5.92 Å². The quantitative estimate of drug-likeness (QED) is 0.650. The Balaban J connectivity index is 2.49. The Hall–Kier alpha value is -0.790. The Morgan fingerprint density at radius 3 is 2.46 bits per heavy atom. The van der Waals surface area contributed by atoms with Gasteiger partial charge >= 0.3 is 0 Å². The van der Waals surface area contributed by atoms with Gasteiger partial charge in [0.15, 0.2) is 0 Å². The van der Waals surface area contributed by atoms with Gasteiger partial charge in [-0.15, -0.1) is 0 Å². The van der Waals surface area contributed by atoms with Crippen LogP contribution in [0, 0.1) is 5.92 Å². The van der Waals surface area contributed by atoms with Crippen LogP contribution in [0.3, 0.4) is 0 Å². The van der Waals surface area contributed by atoms with Crippen LogP contribution in [-0.4, -0.2) is 13.0 Å². The minimum atomic E-state index is 0.0306. The highest BCUT2D eigenvalue weighted by atomic mass is 16.1. The van der Waals surface area contributed by atoms with Crippen molar-refractivity contribution in [1.82, 2.24) is 5.32 Å². The Bertz CT molecular complexity index is 202. The molecule has 0 radical (unpaired) electrons. The fourth-order valence-corrected chi connectivity index (χ4v) is 1.95. The summed E-state index contributed by atoms with van der Waals surface area (Å²) in [6.45, 7) is 2.07. The molecule has 1 fully saturated rings. The van der Waals surface area contributed by atoms with Gasteiger partial charge in [-0.1, -0.05) is 24.8 Å². The van der Waals surface area contributed by atoms with Gasteiger partial charge in [0.2, 0.25) is 5.91 Å². The molecule has 0 bridgehead atoms. The molecule has 74 valence electrons. The molecule has 0 unspecified atom stereocenters. The molecule has 0 saturated heterocycles. The maximum Gasteiger partial charge on any atom is 0.243 e. The molecule has 0 aliphatic heterocycles. The van der Waals surface area contributed by atoms with Gasteiger partial charge in [-0.05, 0) is 25.7 Å². The van der Waals surface area contributed by atoms with Gasteiger partial charge < -0.3 is 5.32 Å². The number of rotatable bonds is 2. The molecule has 1 aliphatic carbocycles. The zero-order valence-corrected chi connectivity index (χ0v) is 8.60. The summed E-state index contributed by atoms with van der Waals surface area (Å²) in [6.07, 6.45) is 8.28. The Kier molecular flexibility index (Phi) is 4.00. The number of amides is 1. The van der Waals surface area contributed by atoms with Crippen molar-refractivity contribution in [2.75, 3.05) is 7.05 Å². The van der Waals surface area contributed by atoms with E-state index in [9.17, 15) is 4.79 Å². The lowest BCUT2D eigenvalue weighted by Gasteiger charge is -2.22. The lowest BCUT2D eigenvalue weighted by Crippen LogP contribution is -2.17. The van der Waals surface area contributed by atoms with Gasteiger partial charge in [0.05, 0.1) is 0 Å². The van der Waals surface area contributed by atoms with Crippen LogP contribution >= 0.6 is 0 Å². The van der Waals surface area contributed by atoms with Crippen LogP contribution in [0.2, 0.25) is 0 Å². The fourth-order valence-electron chi connectivity index (χ4n) is 1.95. The van der Waals surface area contributed by atoms with Crippen molar-refractivity contribution in [2.24, 2.45) is 5.92 Å². The summed E-state index contributed by atoms with van der Waals surface area (Å²) < 4.78 is 0. The summed E-state index contributed by atoms with van der Waals surface area (Å²) in [4.78, 5) is 11.1. The molecule has 0 aromatic rings. The van der Waals surface area contributed by atoms with E-state index < -0.39 is 0 Å². The predicted molar refractivity (Wildman–Crippen MR) is 54.4 cm³/mol. The fraction of sp³-hybridized carbons (Fsp3) is 0.727. The molecule has 1 aliphatic rings. The first-order valence-electron chi connectivity index (χ1n) is 5.14. The molecular formula is C11H19NO. The van der Waals surface area contributed by atoms with Gasteiger partial charge in [0.1, 0.15) is 0 Å². The van der Waals surface area contributed by atoms with Crippen molar-refractivity contribution in [3.05, 3.63) is 11.6 Å². The van der Waals surface area contributed by atoms with Crippen LogP contribution in [0.5, 0.6) is 0 Å². The van der Waals surface area contributed by atoms with E-state index in [4.69, 9.17) is 0 Å². The number of hydrogen-bond acceptors (Lipinski definition) is 1. The predicted octanol–water partition coefficient (Wildman–Crippen LogP) is 2.26. The molecule has 0 aromatic heterocycles. The highest BCUT2D eigenvalue weighted by Gasteiger charge is 2.15. The van der Waals surface area contributed by atoms with Crippen LogP contribution in [0.4, 0.5) is 0 Å². The third kappa shape index (κ3) is 3.21. The first kappa shape index (κ1) is 10.3. The topological polar surface area (TPSA) is 29.1 Å². The summed E-state index contributed by atoms with van der Waals surface area (Å²) in [5.41, 5.74) is 1.25. The van der Waals surface area contributed by atoms with Gasteiger partial charge in [0, 0.05) is 13.1 Å². The normalized spacial score (nSPS) is 20.0. The zero-order chi connectivity index (χ0) is 9.68. The molecule has 0 atom stereocenters. The van der Waals surface area contributed by atoms with E-state index in [1.165, 1.54) is 37.7 Å². The maximum atomic E-state index is 11.1. The molecule has 13 heavy (non-hydrogen) atoms. The monoisotopic (exact) mass is 181 g/mol. The second-order valence-electron chi connectivity index (χ2n) is 3.84. The summed E-state index contributed by atoms with van der Waals surface area (Å²) in [5.74, 6) is 0.689. The highest BCUT2D eigenvalue weighted by molar-refractivity contribution is 5.87. The number of hydrogen-bond donors (Lipinski definition) is 1. The SMILES string of the molecule is CNC(=O)/C=C(\C)C1CCCCC1. The molecule has 1 amide bonds. The molecule has 0 spiro atoms. The maximum absolute atomic E-state index is 11.1. The van der Waals surface area contributed by atoms with E-state index in [0.717, 1.165) is 0 Å². The standard InChI is InChI=1S/C11H19NO/c1-9(8-11(13)12-2)10-6-4-3-5-7-10/h8,10H,3-7H2,1-2H3,(H,12,13)/b9-8+. The average Bonchev–Trinajstić information content (AvgIpc) is 2.19. The molecule has 1 rings (SSSR count). The molecule has 0 aromatic carbocycles. The summed E-state index contributed by atoms with van der Waals surface area (Å²) >= 11 is 0. The van der Waals surface area contributed by atoms with Crippen LogP contribution in [-0.2, 0) is 4.79 Å². The second kappa shape index (κ2) is 5.05. The second-order valence-corrected chi connectivity index (χ2v) is 3.84. The van der Waals surface area contributed by atoms with Crippen LogP contribution < -0.4 is 5.32 Å². The van der Waals surface area contributed by atoms with E-state index in [1.54, 1.807) is 13.1 Å². The highest BCUT2D eigenvalue weighted by Crippen LogP contribution is 2.29. The lowest BCUT2D eigenvalue weighted by atomic mass is 9.84. The summed E-state index contributed by atoms with van der Waals surface area (Å²) in [7, 11) is 1.67. The minimum absolute atomic E-state index is 0.0306. The van der Waals surface area contributed by atoms with E-state index in [1.807, 2.05) is 0 Å². The zero-order valence-electron chi connectivity index (χ0n) is 8.60. The third-order valence-corrected chi connectivity index (χ3v) is 2.85. The van der Waals surface area contributed by atoms with Crippen LogP contribution in [0.15, 0.2) is 11.6 Å². The first-order valence-corrected chi connectivity index (χ1v) is 5.14. The Morgan fingerprint density at radius 1 is 1.31 bits per heavy atom. The first-order chi connectivity index (χ1) is 6.24. The molecule has 2 nitrogen and oxygen atoms in total. The smallest absolute Gasteiger partial charge is 0.243 e. The molecular weight excluding hydrogens is 162 g/mol. The number of nitrogens with one attached hydrogen (secondary N) is 1. The Labute approximate surface area is 80.4 Å².